The van der Waals surface area contributed by atoms with Crippen LogP contribution in [0.2, 0.25) is 5.02 Å². The van der Waals surface area contributed by atoms with E-state index in [1.165, 1.54) is 5.56 Å². The summed E-state index contributed by atoms with van der Waals surface area (Å²) in [6.45, 7) is 0. The third-order valence-electron chi connectivity index (χ3n) is 3.28. The van der Waals surface area contributed by atoms with Gasteiger partial charge in [0.15, 0.2) is 5.78 Å². The van der Waals surface area contributed by atoms with Crippen LogP contribution in [0.15, 0.2) is 48.5 Å². The number of benzene rings is 2. The lowest BCUT2D eigenvalue weighted by atomic mass is 9.93. The number of carbonyl (C=O) groups is 1. The van der Waals surface area contributed by atoms with Crippen molar-refractivity contribution in [1.82, 2.24) is 0 Å². The van der Waals surface area contributed by atoms with Crippen molar-refractivity contribution in [1.29, 1.82) is 0 Å². The van der Waals surface area contributed by atoms with Crippen molar-refractivity contribution in [3.05, 3.63) is 70.2 Å². The van der Waals surface area contributed by atoms with E-state index in [-0.39, 0.29) is 11.7 Å². The molecule has 1 nitrogen and oxygen atoms in total. The summed E-state index contributed by atoms with van der Waals surface area (Å²) in [5.74, 6) is 0.378. The lowest BCUT2D eigenvalue weighted by Gasteiger charge is -2.11. The van der Waals surface area contributed by atoms with E-state index in [1.807, 2.05) is 30.3 Å². The molecule has 1 aliphatic carbocycles. The summed E-state index contributed by atoms with van der Waals surface area (Å²) in [5.41, 5.74) is 3.07. The fourth-order valence-corrected chi connectivity index (χ4v) is 2.64. The number of ketones is 1. The van der Waals surface area contributed by atoms with E-state index >= 15 is 0 Å². The number of carbonyl (C=O) groups excluding carboxylic acids is 1. The molecule has 0 aromatic heterocycles. The maximum absolute atomic E-state index is 11.9. The van der Waals surface area contributed by atoms with Gasteiger partial charge in [0.1, 0.15) is 0 Å². The molecule has 2 heteroatoms. The van der Waals surface area contributed by atoms with E-state index in [9.17, 15) is 4.79 Å². The first kappa shape index (κ1) is 10.5. The van der Waals surface area contributed by atoms with Crippen LogP contribution in [-0.4, -0.2) is 5.78 Å². The summed E-state index contributed by atoms with van der Waals surface area (Å²) < 4.78 is 0. The normalized spacial score (nSPS) is 18.2. The van der Waals surface area contributed by atoms with Crippen molar-refractivity contribution in [2.24, 2.45) is 0 Å². The van der Waals surface area contributed by atoms with Gasteiger partial charge in [-0.1, -0.05) is 41.9 Å². The molecule has 0 amide bonds. The second kappa shape index (κ2) is 4.01. The van der Waals surface area contributed by atoms with Crippen molar-refractivity contribution in [2.45, 2.75) is 12.3 Å². The molecule has 2 aromatic carbocycles. The topological polar surface area (TPSA) is 17.1 Å². The van der Waals surface area contributed by atoms with E-state index in [2.05, 4.69) is 12.1 Å². The SMILES string of the molecule is O=C1CC(c2ccccc2)c2cc(Cl)ccc21. The van der Waals surface area contributed by atoms with Gasteiger partial charge < -0.3 is 0 Å². The lowest BCUT2D eigenvalue weighted by Crippen LogP contribution is -1.96. The van der Waals surface area contributed by atoms with Gasteiger partial charge in [0.25, 0.3) is 0 Å². The first-order valence-electron chi connectivity index (χ1n) is 5.63. The van der Waals surface area contributed by atoms with Crippen LogP contribution in [0.25, 0.3) is 0 Å². The Hall–Kier alpha value is -1.60. The highest BCUT2D eigenvalue weighted by Crippen LogP contribution is 2.39. The molecule has 0 radical (unpaired) electrons. The summed E-state index contributed by atoms with van der Waals surface area (Å²) >= 11 is 6.01. The average Bonchev–Trinajstić information content (AvgIpc) is 2.67. The molecule has 2 aromatic rings. The molecule has 0 saturated carbocycles. The van der Waals surface area contributed by atoms with Gasteiger partial charge in [-0.3, -0.25) is 4.79 Å². The number of halogens is 1. The fraction of sp³-hybridized carbons (Fsp3) is 0.133. The van der Waals surface area contributed by atoms with Crippen LogP contribution < -0.4 is 0 Å². The van der Waals surface area contributed by atoms with Gasteiger partial charge in [0.2, 0.25) is 0 Å². The van der Waals surface area contributed by atoms with Crippen molar-refractivity contribution >= 4 is 17.4 Å². The first-order chi connectivity index (χ1) is 8.25. The molecule has 3 rings (SSSR count). The minimum absolute atomic E-state index is 0.164. The van der Waals surface area contributed by atoms with E-state index < -0.39 is 0 Å². The Kier molecular flexibility index (Phi) is 2.49. The van der Waals surface area contributed by atoms with Gasteiger partial charge in [0.05, 0.1) is 0 Å². The number of fused-ring (bicyclic) bond motifs is 1. The maximum atomic E-state index is 11.9. The van der Waals surface area contributed by atoms with Crippen molar-refractivity contribution in [3.63, 3.8) is 0 Å². The third kappa shape index (κ3) is 1.77. The molecule has 1 unspecified atom stereocenters. The second-order valence-corrected chi connectivity index (χ2v) is 4.76. The minimum atomic E-state index is 0.164. The van der Waals surface area contributed by atoms with E-state index in [0.717, 1.165) is 11.1 Å². The standard InChI is InChI=1S/C15H11ClO/c16-11-6-7-12-14(8-11)13(9-15(12)17)10-4-2-1-3-5-10/h1-8,13H,9H2. The fourth-order valence-electron chi connectivity index (χ4n) is 2.46. The molecule has 1 aliphatic rings. The lowest BCUT2D eigenvalue weighted by molar-refractivity contribution is 0.0991. The molecular formula is C15H11ClO. The molecule has 0 aliphatic heterocycles. The molecule has 1 atom stereocenters. The Balaban J connectivity index is 2.13. The van der Waals surface area contributed by atoms with Crippen molar-refractivity contribution < 1.29 is 4.79 Å². The molecular weight excluding hydrogens is 232 g/mol. The van der Waals surface area contributed by atoms with Crippen LogP contribution in [0.5, 0.6) is 0 Å². The number of hydrogen-bond donors (Lipinski definition) is 0. The highest BCUT2D eigenvalue weighted by molar-refractivity contribution is 6.30. The average molecular weight is 243 g/mol. The quantitative estimate of drug-likeness (QED) is 0.737. The number of rotatable bonds is 1. The molecule has 0 N–H and O–H groups in total. The van der Waals surface area contributed by atoms with Crippen LogP contribution >= 0.6 is 11.6 Å². The molecule has 17 heavy (non-hydrogen) atoms. The van der Waals surface area contributed by atoms with Gasteiger partial charge in [-0.25, -0.2) is 0 Å². The van der Waals surface area contributed by atoms with E-state index in [1.54, 1.807) is 6.07 Å². The van der Waals surface area contributed by atoms with Crippen LogP contribution in [0.4, 0.5) is 0 Å². The largest absolute Gasteiger partial charge is 0.294 e. The van der Waals surface area contributed by atoms with Gasteiger partial charge in [0, 0.05) is 22.9 Å². The predicted molar refractivity (Wildman–Crippen MR) is 68.7 cm³/mol. The Labute approximate surface area is 105 Å². The molecule has 0 bridgehead atoms. The highest BCUT2D eigenvalue weighted by Gasteiger charge is 2.30. The summed E-state index contributed by atoms with van der Waals surface area (Å²) in [5, 5.41) is 0.694. The molecule has 84 valence electrons. The maximum Gasteiger partial charge on any atom is 0.164 e. The van der Waals surface area contributed by atoms with Crippen LogP contribution in [0.1, 0.15) is 33.8 Å². The first-order valence-corrected chi connectivity index (χ1v) is 6.01. The minimum Gasteiger partial charge on any atom is -0.294 e. The van der Waals surface area contributed by atoms with Gasteiger partial charge in [-0.2, -0.15) is 0 Å². The summed E-state index contributed by atoms with van der Waals surface area (Å²) in [7, 11) is 0. The zero-order valence-corrected chi connectivity index (χ0v) is 9.95. The van der Waals surface area contributed by atoms with Crippen LogP contribution in [0.3, 0.4) is 0 Å². The van der Waals surface area contributed by atoms with Crippen LogP contribution in [-0.2, 0) is 0 Å². The summed E-state index contributed by atoms with van der Waals surface area (Å²) in [6, 6.07) is 15.7. The van der Waals surface area contributed by atoms with Gasteiger partial charge in [-0.05, 0) is 29.3 Å². The van der Waals surface area contributed by atoms with Crippen LogP contribution in [0, 0.1) is 0 Å². The van der Waals surface area contributed by atoms with Gasteiger partial charge in [-0.15, -0.1) is 0 Å². The molecule has 0 heterocycles. The van der Waals surface area contributed by atoms with E-state index in [0.29, 0.717) is 11.4 Å². The van der Waals surface area contributed by atoms with Crippen molar-refractivity contribution in [3.8, 4) is 0 Å². The molecule has 0 saturated heterocycles. The summed E-state index contributed by atoms with van der Waals surface area (Å²) in [4.78, 5) is 11.9. The summed E-state index contributed by atoms with van der Waals surface area (Å²) in [6.07, 6.45) is 0.555. The molecule has 0 spiro atoms. The third-order valence-corrected chi connectivity index (χ3v) is 3.52. The highest BCUT2D eigenvalue weighted by atomic mass is 35.5. The smallest absolute Gasteiger partial charge is 0.164 e. The predicted octanol–water partition coefficient (Wildman–Crippen LogP) is 4.06. The Morgan fingerprint density at radius 1 is 1.06 bits per heavy atom. The Morgan fingerprint density at radius 3 is 2.59 bits per heavy atom. The zero-order chi connectivity index (χ0) is 11.8. The monoisotopic (exact) mass is 242 g/mol. The number of hydrogen-bond acceptors (Lipinski definition) is 1. The second-order valence-electron chi connectivity index (χ2n) is 4.32. The molecule has 0 fully saturated rings. The Bertz CT molecular complexity index is 575. The number of Topliss-reactive ketones (excluding diaryl/α,β-unsaturated/α-hetero) is 1. The van der Waals surface area contributed by atoms with E-state index in [4.69, 9.17) is 11.6 Å². The zero-order valence-electron chi connectivity index (χ0n) is 9.19. The van der Waals surface area contributed by atoms with Gasteiger partial charge >= 0.3 is 0 Å². The van der Waals surface area contributed by atoms with Crippen molar-refractivity contribution in [2.75, 3.05) is 0 Å². The Morgan fingerprint density at radius 2 is 1.82 bits per heavy atom.